The van der Waals surface area contributed by atoms with Crippen LogP contribution in [0.2, 0.25) is 0 Å². The van der Waals surface area contributed by atoms with Crippen LogP contribution < -0.4 is 0 Å². The molecule has 0 aliphatic heterocycles. The fourth-order valence-electron chi connectivity index (χ4n) is 5.16. The molecule has 0 bridgehead atoms. The third-order valence-corrected chi connectivity index (χ3v) is 6.59. The molecule has 5 aromatic rings. The lowest BCUT2D eigenvalue weighted by atomic mass is 9.94. The van der Waals surface area contributed by atoms with Crippen molar-refractivity contribution in [2.75, 3.05) is 0 Å². The summed E-state index contributed by atoms with van der Waals surface area (Å²) in [4.78, 5) is 13.8. The van der Waals surface area contributed by atoms with Crippen molar-refractivity contribution < 1.29 is 4.79 Å². The largest absolute Gasteiger partial charge is 0.341 e. The lowest BCUT2D eigenvalue weighted by Gasteiger charge is -2.10. The molecule has 1 aliphatic rings. The Balaban J connectivity index is 1.73. The highest BCUT2D eigenvalue weighted by Crippen LogP contribution is 2.45. The minimum absolute atomic E-state index is 0.108. The third kappa shape index (κ3) is 2.63. The van der Waals surface area contributed by atoms with Crippen molar-refractivity contribution in [2.24, 2.45) is 0 Å². The molecule has 0 saturated heterocycles. The topological polar surface area (TPSA) is 22.0 Å². The third-order valence-electron chi connectivity index (χ3n) is 6.59. The number of hydrogen-bond donors (Lipinski definition) is 0. The maximum absolute atomic E-state index is 13.8. The second-order valence-corrected chi connectivity index (χ2v) is 8.49. The molecule has 2 heteroatoms. The predicted molar refractivity (Wildman–Crippen MR) is 133 cm³/mol. The fraction of sp³-hybridized carbons (Fsp3) is 0.100. The summed E-state index contributed by atoms with van der Waals surface area (Å²) in [5, 5.41) is 2.37. The number of ketones is 1. The predicted octanol–water partition coefficient (Wildman–Crippen LogP) is 7.28. The van der Waals surface area contributed by atoms with Gasteiger partial charge in [0.25, 0.3) is 0 Å². The highest BCUT2D eigenvalue weighted by Gasteiger charge is 2.32. The zero-order chi connectivity index (χ0) is 21.8. The van der Waals surface area contributed by atoms with Crippen molar-refractivity contribution >= 4 is 38.7 Å². The monoisotopic (exact) mass is 413 g/mol. The quantitative estimate of drug-likeness (QED) is 0.305. The minimum Gasteiger partial charge on any atom is -0.341 e. The van der Waals surface area contributed by atoms with Crippen LogP contribution in [0.25, 0.3) is 33.0 Å². The average molecular weight is 414 g/mol. The molecule has 4 aromatic carbocycles. The number of hydrogen-bond acceptors (Lipinski definition) is 1. The molecule has 1 aliphatic carbocycles. The molecule has 0 atom stereocenters. The van der Waals surface area contributed by atoms with Crippen LogP contribution in [-0.2, 0) is 6.54 Å². The number of aromatic nitrogens is 1. The van der Waals surface area contributed by atoms with Crippen LogP contribution in [0, 0.1) is 6.92 Å². The molecule has 2 nitrogen and oxygen atoms in total. The van der Waals surface area contributed by atoms with E-state index in [1.807, 2.05) is 48.5 Å². The van der Waals surface area contributed by atoms with Crippen molar-refractivity contribution in [1.82, 2.24) is 4.57 Å². The SMILES string of the molecule is CCn1c2ccc(C)cc2c2cc3c(cc21)C(c1ccccc1)=C(c1ccccc1)C3=O. The number of nitrogens with zero attached hydrogens (tertiary/aromatic N) is 1. The van der Waals surface area contributed by atoms with Crippen molar-refractivity contribution in [3.8, 4) is 0 Å². The first-order valence-electron chi connectivity index (χ1n) is 11.1. The minimum atomic E-state index is 0.108. The molecular formula is C30H23NO. The van der Waals surface area contributed by atoms with Gasteiger partial charge in [0.05, 0.1) is 0 Å². The van der Waals surface area contributed by atoms with Crippen molar-refractivity contribution in [2.45, 2.75) is 20.4 Å². The maximum Gasteiger partial charge on any atom is 0.194 e. The number of fused-ring (bicyclic) bond motifs is 4. The van der Waals surface area contributed by atoms with Gasteiger partial charge in [0.1, 0.15) is 0 Å². The fourth-order valence-corrected chi connectivity index (χ4v) is 5.16. The van der Waals surface area contributed by atoms with Crippen LogP contribution in [0.1, 0.15) is 39.5 Å². The number of benzene rings is 4. The molecule has 1 aromatic heterocycles. The van der Waals surface area contributed by atoms with Crippen molar-refractivity contribution in [3.05, 3.63) is 119 Å². The van der Waals surface area contributed by atoms with Gasteiger partial charge in [-0.15, -0.1) is 0 Å². The Labute approximate surface area is 187 Å². The lowest BCUT2D eigenvalue weighted by molar-refractivity contribution is 0.105. The first kappa shape index (κ1) is 18.8. The summed E-state index contributed by atoms with van der Waals surface area (Å²) in [6.45, 7) is 5.18. The Hall–Kier alpha value is -3.91. The van der Waals surface area contributed by atoms with Gasteiger partial charge in [-0.2, -0.15) is 0 Å². The zero-order valence-corrected chi connectivity index (χ0v) is 18.2. The molecule has 154 valence electrons. The molecule has 0 fully saturated rings. The maximum atomic E-state index is 13.8. The Morgan fingerprint density at radius 1 is 0.656 bits per heavy atom. The van der Waals surface area contributed by atoms with Gasteiger partial charge in [-0.3, -0.25) is 4.79 Å². The highest BCUT2D eigenvalue weighted by atomic mass is 16.1. The van der Waals surface area contributed by atoms with E-state index in [0.717, 1.165) is 45.3 Å². The number of rotatable bonds is 3. The van der Waals surface area contributed by atoms with E-state index in [2.05, 4.69) is 60.9 Å². The van der Waals surface area contributed by atoms with E-state index in [9.17, 15) is 4.79 Å². The van der Waals surface area contributed by atoms with Crippen LogP contribution in [0.4, 0.5) is 0 Å². The molecule has 6 rings (SSSR count). The van der Waals surface area contributed by atoms with E-state index in [0.29, 0.717) is 0 Å². The summed E-state index contributed by atoms with van der Waals surface area (Å²) in [5.74, 6) is 0.108. The lowest BCUT2D eigenvalue weighted by Crippen LogP contribution is -1.98. The van der Waals surface area contributed by atoms with Gasteiger partial charge in [-0.1, -0.05) is 72.3 Å². The normalized spacial score (nSPS) is 13.4. The summed E-state index contributed by atoms with van der Waals surface area (Å²) < 4.78 is 2.36. The standard InChI is InChI=1S/C30H23NO/c1-3-31-26-15-14-19(2)16-22(26)23-17-25-24(18-27(23)31)28(20-10-6-4-7-11-20)29(30(25)32)21-12-8-5-9-13-21/h4-18H,3H2,1-2H3. The van der Waals surface area contributed by atoms with Crippen LogP contribution in [-0.4, -0.2) is 10.4 Å². The van der Waals surface area contributed by atoms with E-state index in [1.165, 1.54) is 22.0 Å². The van der Waals surface area contributed by atoms with Crippen LogP contribution in [0.3, 0.4) is 0 Å². The van der Waals surface area contributed by atoms with E-state index in [1.54, 1.807) is 0 Å². The van der Waals surface area contributed by atoms with Gasteiger partial charge in [0.15, 0.2) is 5.78 Å². The van der Waals surface area contributed by atoms with Crippen molar-refractivity contribution in [1.29, 1.82) is 0 Å². The van der Waals surface area contributed by atoms with Crippen LogP contribution >= 0.6 is 0 Å². The molecule has 1 heterocycles. The summed E-state index contributed by atoms with van der Waals surface area (Å²) in [6, 6.07) is 31.3. The number of allylic oxidation sites excluding steroid dienone is 1. The molecular weight excluding hydrogens is 390 g/mol. The molecule has 0 saturated carbocycles. The van der Waals surface area contributed by atoms with Gasteiger partial charge in [-0.05, 0) is 54.8 Å². The number of carbonyl (C=O) groups excluding carboxylic acids is 1. The highest BCUT2D eigenvalue weighted by molar-refractivity contribution is 6.42. The zero-order valence-electron chi connectivity index (χ0n) is 18.2. The molecule has 32 heavy (non-hydrogen) atoms. The Bertz CT molecular complexity index is 1550. The molecule has 0 radical (unpaired) electrons. The summed E-state index contributed by atoms with van der Waals surface area (Å²) in [7, 11) is 0. The molecule has 0 N–H and O–H groups in total. The van der Waals surface area contributed by atoms with E-state index >= 15 is 0 Å². The molecule has 0 amide bonds. The summed E-state index contributed by atoms with van der Waals surface area (Å²) in [5.41, 5.74) is 9.33. The Morgan fingerprint density at radius 2 is 1.28 bits per heavy atom. The Morgan fingerprint density at radius 3 is 1.94 bits per heavy atom. The average Bonchev–Trinajstić information content (AvgIpc) is 3.29. The summed E-state index contributed by atoms with van der Waals surface area (Å²) in [6.07, 6.45) is 0. The van der Waals surface area contributed by atoms with Gasteiger partial charge < -0.3 is 4.57 Å². The number of Topliss-reactive ketones (excluding diaryl/α,β-unsaturated/α-hetero) is 1. The van der Waals surface area contributed by atoms with Gasteiger partial charge in [-0.25, -0.2) is 0 Å². The summed E-state index contributed by atoms with van der Waals surface area (Å²) >= 11 is 0. The number of aryl methyl sites for hydroxylation is 2. The molecule has 0 unspecified atom stereocenters. The van der Waals surface area contributed by atoms with E-state index in [-0.39, 0.29) is 5.78 Å². The van der Waals surface area contributed by atoms with Gasteiger partial charge in [0.2, 0.25) is 0 Å². The molecule has 0 spiro atoms. The number of carbonyl (C=O) groups is 1. The Kier molecular flexibility index (Phi) is 4.16. The van der Waals surface area contributed by atoms with E-state index < -0.39 is 0 Å². The van der Waals surface area contributed by atoms with Gasteiger partial charge >= 0.3 is 0 Å². The smallest absolute Gasteiger partial charge is 0.194 e. The van der Waals surface area contributed by atoms with Gasteiger partial charge in [0, 0.05) is 45.1 Å². The van der Waals surface area contributed by atoms with E-state index in [4.69, 9.17) is 0 Å². The first-order chi connectivity index (χ1) is 15.7. The second kappa shape index (κ2) is 7.06. The van der Waals surface area contributed by atoms with Crippen molar-refractivity contribution in [3.63, 3.8) is 0 Å². The van der Waals surface area contributed by atoms with Crippen LogP contribution in [0.5, 0.6) is 0 Å². The van der Waals surface area contributed by atoms with Crippen LogP contribution in [0.15, 0.2) is 91.0 Å². The second-order valence-electron chi connectivity index (χ2n) is 8.49. The first-order valence-corrected chi connectivity index (χ1v) is 11.1.